The number of nitrogens with zero attached hydrogens (tertiary/aromatic N) is 6. The second-order valence-corrected chi connectivity index (χ2v) is 7.58. The van der Waals surface area contributed by atoms with Gasteiger partial charge in [0.2, 0.25) is 11.5 Å². The fourth-order valence-electron chi connectivity index (χ4n) is 3.55. The maximum atomic E-state index is 14.9. The smallest absolute Gasteiger partial charge is 0.412 e. The average molecular weight is 446 g/mol. The minimum absolute atomic E-state index is 0.0861. The Morgan fingerprint density at radius 3 is 2.62 bits per heavy atom. The van der Waals surface area contributed by atoms with E-state index in [0.717, 1.165) is 25.0 Å². The molecule has 1 saturated carbocycles. The fourth-order valence-corrected chi connectivity index (χ4v) is 3.55. The molecule has 166 valence electrons. The monoisotopic (exact) mass is 446 g/mol. The van der Waals surface area contributed by atoms with Crippen LogP contribution in [-0.2, 0) is 10.5 Å². The summed E-state index contributed by atoms with van der Waals surface area (Å²) in [6, 6.07) is 6.65. The molecule has 1 saturated heterocycles. The molecule has 1 atom stereocenters. The summed E-state index contributed by atoms with van der Waals surface area (Å²) < 4.78 is 47.0. The quantitative estimate of drug-likeness (QED) is 0.621. The third-order valence-corrected chi connectivity index (χ3v) is 5.48. The number of benzene rings is 1. The summed E-state index contributed by atoms with van der Waals surface area (Å²) in [5.41, 5.74) is -2.54. The minimum Gasteiger partial charge on any atom is -0.447 e. The number of alkyl halides is 2. The lowest BCUT2D eigenvalue weighted by atomic mass is 9.97. The molecule has 0 bridgehead atoms. The van der Waals surface area contributed by atoms with Gasteiger partial charge in [0.1, 0.15) is 18.1 Å². The molecule has 32 heavy (non-hydrogen) atoms. The summed E-state index contributed by atoms with van der Waals surface area (Å²) in [6.07, 6.45) is -1.04. The van der Waals surface area contributed by atoms with Gasteiger partial charge in [-0.3, -0.25) is 9.88 Å². The van der Waals surface area contributed by atoms with E-state index >= 15 is 0 Å². The number of carbonyl (C=O) groups is 1. The number of cyclic esters (lactones) is 1. The Morgan fingerprint density at radius 2 is 2.03 bits per heavy atom. The molecule has 1 aliphatic heterocycles. The van der Waals surface area contributed by atoms with Gasteiger partial charge in [-0.25, -0.2) is 18.0 Å². The maximum absolute atomic E-state index is 14.9. The molecule has 12 heteroatoms. The van der Waals surface area contributed by atoms with Crippen molar-refractivity contribution in [1.29, 1.82) is 0 Å². The van der Waals surface area contributed by atoms with Gasteiger partial charge in [0.25, 0.3) is 6.43 Å². The molecule has 0 unspecified atom stereocenters. The van der Waals surface area contributed by atoms with E-state index in [9.17, 15) is 23.1 Å². The highest BCUT2D eigenvalue weighted by Gasteiger charge is 2.50. The first-order valence-electron chi connectivity index (χ1n) is 9.89. The van der Waals surface area contributed by atoms with Gasteiger partial charge in [0, 0.05) is 22.9 Å². The van der Waals surface area contributed by atoms with Crippen molar-refractivity contribution in [3.05, 3.63) is 47.9 Å². The Bertz CT molecular complexity index is 1170. The molecular formula is C20H17F3N6O3. The number of aromatic nitrogens is 5. The molecule has 9 nitrogen and oxygen atoms in total. The average Bonchev–Trinajstić information content (AvgIpc) is 3.35. The van der Waals surface area contributed by atoms with Crippen LogP contribution in [0.2, 0.25) is 0 Å². The Hall–Kier alpha value is -3.54. The lowest BCUT2D eigenvalue weighted by Crippen LogP contribution is -2.52. The number of aliphatic hydroxyl groups is 1. The van der Waals surface area contributed by atoms with E-state index in [2.05, 4.69) is 25.1 Å². The zero-order valence-corrected chi connectivity index (χ0v) is 16.5. The second-order valence-electron chi connectivity index (χ2n) is 7.58. The number of carbonyl (C=O) groups excluding carboxylic acids is 1. The number of ether oxygens (including phenoxy) is 1. The van der Waals surface area contributed by atoms with Gasteiger partial charge in [-0.15, -0.1) is 10.2 Å². The summed E-state index contributed by atoms with van der Waals surface area (Å²) >= 11 is 0. The van der Waals surface area contributed by atoms with Crippen LogP contribution in [0.4, 0.5) is 18.0 Å². The number of halogens is 3. The van der Waals surface area contributed by atoms with Crippen LogP contribution in [0.25, 0.3) is 22.6 Å². The van der Waals surface area contributed by atoms with Crippen LogP contribution in [0.15, 0.2) is 36.5 Å². The van der Waals surface area contributed by atoms with E-state index in [-0.39, 0.29) is 24.8 Å². The first-order valence-corrected chi connectivity index (χ1v) is 9.89. The normalized spacial score (nSPS) is 18.2. The van der Waals surface area contributed by atoms with Crippen LogP contribution in [0.1, 0.15) is 24.4 Å². The zero-order valence-electron chi connectivity index (χ0n) is 16.5. The first kappa shape index (κ1) is 20.4. The number of hydrogen-bond donors (Lipinski definition) is 1. The van der Waals surface area contributed by atoms with Gasteiger partial charge in [0.15, 0.2) is 0 Å². The largest absolute Gasteiger partial charge is 0.447 e. The number of rotatable bonds is 6. The van der Waals surface area contributed by atoms with Crippen molar-refractivity contribution in [2.45, 2.75) is 31.0 Å². The highest BCUT2D eigenvalue weighted by Crippen LogP contribution is 2.37. The third kappa shape index (κ3) is 3.36. The number of hydrogen-bond acceptors (Lipinski definition) is 7. The number of amides is 1. The summed E-state index contributed by atoms with van der Waals surface area (Å²) in [7, 11) is 0. The number of pyridine rings is 1. The Labute approximate surface area is 179 Å². The molecule has 3 heterocycles. The summed E-state index contributed by atoms with van der Waals surface area (Å²) in [4.78, 5) is 18.0. The molecule has 3 aromatic rings. The zero-order chi connectivity index (χ0) is 22.5. The lowest BCUT2D eigenvalue weighted by molar-refractivity contribution is -0.180. The van der Waals surface area contributed by atoms with E-state index in [1.54, 1.807) is 16.9 Å². The molecule has 1 aromatic carbocycles. The number of tetrazole rings is 1. The highest BCUT2D eigenvalue weighted by atomic mass is 19.3. The van der Waals surface area contributed by atoms with Gasteiger partial charge in [-0.1, -0.05) is 18.2 Å². The van der Waals surface area contributed by atoms with Crippen molar-refractivity contribution in [1.82, 2.24) is 30.1 Å². The minimum atomic E-state index is -3.38. The summed E-state index contributed by atoms with van der Waals surface area (Å²) in [5, 5.41) is 22.8. The van der Waals surface area contributed by atoms with Crippen molar-refractivity contribution >= 4 is 6.09 Å². The SMILES string of the molecule is O=C1OCCN1[C@@](O)(c1ccc(-c2ccc(-c3nnn(C4CC4)n3)nc2)c(F)c1)C(F)F. The summed E-state index contributed by atoms with van der Waals surface area (Å²) in [6.45, 7) is -0.385. The molecule has 2 fully saturated rings. The molecular weight excluding hydrogens is 429 g/mol. The molecule has 2 aromatic heterocycles. The Kier molecular flexibility index (Phi) is 4.81. The van der Waals surface area contributed by atoms with Crippen LogP contribution in [0.3, 0.4) is 0 Å². The van der Waals surface area contributed by atoms with Gasteiger partial charge in [0.05, 0.1) is 12.6 Å². The van der Waals surface area contributed by atoms with E-state index in [1.165, 1.54) is 12.3 Å². The topological polar surface area (TPSA) is 106 Å². The van der Waals surface area contributed by atoms with Crippen molar-refractivity contribution in [2.75, 3.05) is 13.2 Å². The van der Waals surface area contributed by atoms with Crippen molar-refractivity contribution in [3.8, 4) is 22.6 Å². The van der Waals surface area contributed by atoms with Gasteiger partial charge in [-0.05, 0) is 30.2 Å². The lowest BCUT2D eigenvalue weighted by Gasteiger charge is -2.34. The van der Waals surface area contributed by atoms with Crippen LogP contribution in [0, 0.1) is 5.82 Å². The molecule has 1 amide bonds. The summed E-state index contributed by atoms with van der Waals surface area (Å²) in [5.74, 6) is -0.514. The van der Waals surface area contributed by atoms with Gasteiger partial charge >= 0.3 is 6.09 Å². The van der Waals surface area contributed by atoms with Crippen molar-refractivity contribution in [2.24, 2.45) is 0 Å². The maximum Gasteiger partial charge on any atom is 0.412 e. The predicted molar refractivity (Wildman–Crippen MR) is 103 cm³/mol. The van der Waals surface area contributed by atoms with Crippen LogP contribution >= 0.6 is 0 Å². The fraction of sp³-hybridized carbons (Fsp3) is 0.350. The van der Waals surface area contributed by atoms with E-state index in [0.29, 0.717) is 22.0 Å². The van der Waals surface area contributed by atoms with E-state index in [4.69, 9.17) is 0 Å². The molecule has 1 N–H and O–H groups in total. The predicted octanol–water partition coefficient (Wildman–Crippen LogP) is 2.74. The molecule has 0 spiro atoms. The van der Waals surface area contributed by atoms with Gasteiger partial charge < -0.3 is 9.84 Å². The van der Waals surface area contributed by atoms with Gasteiger partial charge in [-0.2, -0.15) is 4.80 Å². The molecule has 5 rings (SSSR count). The first-order chi connectivity index (χ1) is 15.4. The van der Waals surface area contributed by atoms with Crippen molar-refractivity contribution < 1.29 is 27.8 Å². The third-order valence-electron chi connectivity index (χ3n) is 5.48. The molecule has 0 radical (unpaired) electrons. The molecule has 1 aliphatic carbocycles. The van der Waals surface area contributed by atoms with E-state index < -0.39 is 29.6 Å². The Balaban J connectivity index is 1.43. The van der Waals surface area contributed by atoms with Crippen molar-refractivity contribution in [3.63, 3.8) is 0 Å². The highest BCUT2D eigenvalue weighted by molar-refractivity contribution is 5.71. The molecule has 2 aliphatic rings. The Morgan fingerprint density at radius 1 is 1.22 bits per heavy atom. The van der Waals surface area contributed by atoms with Crippen LogP contribution in [-0.4, -0.2) is 60.9 Å². The van der Waals surface area contributed by atoms with E-state index in [1.807, 2.05) is 0 Å². The van der Waals surface area contributed by atoms with Crippen LogP contribution in [0.5, 0.6) is 0 Å². The standard InChI is InChI=1S/C20H17F3N6O3/c21-15-9-12(20(31,18(22)23)28-7-8-32-19(28)30)2-5-14(15)11-1-6-16(24-10-11)17-25-27-29(26-17)13-3-4-13/h1-2,5-6,9-10,13,18,31H,3-4,7-8H2/t20-/m1/s1. The second kappa shape index (κ2) is 7.55. The van der Waals surface area contributed by atoms with Crippen LogP contribution < -0.4 is 0 Å².